The molecule has 1 aromatic rings. The van der Waals surface area contributed by atoms with Gasteiger partial charge in [-0.3, -0.25) is 5.43 Å². The second kappa shape index (κ2) is 6.31. The normalized spacial score (nSPS) is 17.6. The topological polar surface area (TPSA) is 52.6 Å². The Balaban J connectivity index is 1.79. The average molecular weight is 287 g/mol. The highest BCUT2D eigenvalue weighted by Gasteiger charge is 2.20. The second-order valence-corrected chi connectivity index (χ2v) is 5.99. The van der Waals surface area contributed by atoms with Gasteiger partial charge < -0.3 is 5.11 Å². The first kappa shape index (κ1) is 13.5. The number of benzene rings is 1. The van der Waals surface area contributed by atoms with Gasteiger partial charge in [0.15, 0.2) is 0 Å². The van der Waals surface area contributed by atoms with Crippen LogP contribution >= 0.6 is 23.4 Å². The Hall–Kier alpha value is -0.910. The van der Waals surface area contributed by atoms with Crippen LogP contribution in [0.3, 0.4) is 0 Å². The second-order valence-electron chi connectivity index (χ2n) is 4.18. The predicted molar refractivity (Wildman–Crippen MR) is 73.1 cm³/mol. The minimum Gasteiger partial charge on any atom is -0.464 e. The van der Waals surface area contributed by atoms with Gasteiger partial charge >= 0.3 is 6.09 Å². The Bertz CT molecular complexity index is 405. The lowest BCUT2D eigenvalue weighted by Crippen LogP contribution is -2.46. The van der Waals surface area contributed by atoms with E-state index in [1.807, 2.05) is 36.0 Å². The highest BCUT2D eigenvalue weighted by molar-refractivity contribution is 8.00. The number of piperidine rings is 1. The Morgan fingerprint density at radius 2 is 1.94 bits per heavy atom. The van der Waals surface area contributed by atoms with E-state index in [0.717, 1.165) is 31.0 Å². The first-order valence-electron chi connectivity index (χ1n) is 5.80. The number of carbonyl (C=O) groups is 1. The number of halogens is 1. The molecule has 2 N–H and O–H groups in total. The molecule has 4 nitrogen and oxygen atoms in total. The first-order valence-corrected chi connectivity index (χ1v) is 7.06. The van der Waals surface area contributed by atoms with Crippen LogP contribution in [0.15, 0.2) is 29.2 Å². The van der Waals surface area contributed by atoms with Gasteiger partial charge in [-0.25, -0.2) is 9.80 Å². The molecular weight excluding hydrogens is 272 g/mol. The van der Waals surface area contributed by atoms with Crippen LogP contribution < -0.4 is 5.43 Å². The average Bonchev–Trinajstić information content (AvgIpc) is 2.34. The predicted octanol–water partition coefficient (Wildman–Crippen LogP) is 3.08. The zero-order valence-corrected chi connectivity index (χ0v) is 11.4. The molecule has 98 valence electrons. The third kappa shape index (κ3) is 4.08. The molecule has 0 bridgehead atoms. The van der Waals surface area contributed by atoms with Crippen LogP contribution in [0.25, 0.3) is 0 Å². The van der Waals surface area contributed by atoms with Gasteiger partial charge in [0.1, 0.15) is 0 Å². The molecule has 1 heterocycles. The van der Waals surface area contributed by atoms with Crippen molar-refractivity contribution in [3.63, 3.8) is 0 Å². The maximum absolute atomic E-state index is 10.5. The summed E-state index contributed by atoms with van der Waals surface area (Å²) in [5, 5.41) is 11.7. The summed E-state index contributed by atoms with van der Waals surface area (Å²) < 4.78 is 0. The zero-order chi connectivity index (χ0) is 13.0. The van der Waals surface area contributed by atoms with Crippen LogP contribution in [0.4, 0.5) is 4.79 Å². The molecule has 0 radical (unpaired) electrons. The van der Waals surface area contributed by atoms with Crippen molar-refractivity contribution in [1.29, 1.82) is 0 Å². The number of nitrogens with zero attached hydrogens (tertiary/aromatic N) is 1. The van der Waals surface area contributed by atoms with Gasteiger partial charge in [-0.2, -0.15) is 0 Å². The first-order chi connectivity index (χ1) is 8.63. The van der Waals surface area contributed by atoms with E-state index in [0.29, 0.717) is 5.25 Å². The Morgan fingerprint density at radius 1 is 1.33 bits per heavy atom. The lowest BCUT2D eigenvalue weighted by Gasteiger charge is -2.30. The van der Waals surface area contributed by atoms with E-state index in [1.54, 1.807) is 5.01 Å². The number of amides is 1. The van der Waals surface area contributed by atoms with Gasteiger partial charge in [-0.15, -0.1) is 11.8 Å². The molecule has 0 aliphatic carbocycles. The highest BCUT2D eigenvalue weighted by Crippen LogP contribution is 2.30. The maximum Gasteiger partial charge on any atom is 0.419 e. The van der Waals surface area contributed by atoms with Crippen molar-refractivity contribution >= 4 is 29.5 Å². The minimum atomic E-state index is -0.987. The molecule has 1 aliphatic heterocycles. The van der Waals surface area contributed by atoms with Crippen LogP contribution in [0.1, 0.15) is 12.8 Å². The number of hydrogen-bond donors (Lipinski definition) is 2. The summed E-state index contributed by atoms with van der Waals surface area (Å²) in [6.07, 6.45) is 0.972. The summed E-state index contributed by atoms with van der Waals surface area (Å²) in [6, 6.07) is 7.83. The lowest BCUT2D eigenvalue weighted by molar-refractivity contribution is 0.126. The summed E-state index contributed by atoms with van der Waals surface area (Å²) in [4.78, 5) is 11.7. The number of nitrogens with one attached hydrogen (secondary N) is 1. The maximum atomic E-state index is 10.5. The molecule has 2 rings (SSSR count). The SMILES string of the molecule is O=C(O)NN1CCC(Sc2ccc(Cl)cc2)CC1. The fourth-order valence-electron chi connectivity index (χ4n) is 1.93. The fourth-order valence-corrected chi connectivity index (χ4v) is 3.18. The van der Waals surface area contributed by atoms with Gasteiger partial charge in [0.05, 0.1) is 0 Å². The van der Waals surface area contributed by atoms with Crippen LogP contribution in [-0.2, 0) is 0 Å². The van der Waals surface area contributed by atoms with Crippen molar-refractivity contribution in [3.05, 3.63) is 29.3 Å². The van der Waals surface area contributed by atoms with Crippen LogP contribution in [0.2, 0.25) is 5.02 Å². The molecule has 1 amide bonds. The molecule has 1 fully saturated rings. The summed E-state index contributed by atoms with van der Waals surface area (Å²) >= 11 is 7.68. The van der Waals surface area contributed by atoms with Crippen molar-refractivity contribution < 1.29 is 9.90 Å². The quantitative estimate of drug-likeness (QED) is 0.897. The Labute approximate surface area is 115 Å². The van der Waals surface area contributed by atoms with E-state index >= 15 is 0 Å². The third-order valence-corrected chi connectivity index (χ3v) is 4.41. The van der Waals surface area contributed by atoms with E-state index in [1.165, 1.54) is 4.90 Å². The molecule has 0 unspecified atom stereocenters. The van der Waals surface area contributed by atoms with Crippen LogP contribution in [-0.4, -0.2) is 34.5 Å². The van der Waals surface area contributed by atoms with E-state index in [2.05, 4.69) is 5.43 Å². The van der Waals surface area contributed by atoms with Gasteiger partial charge in [-0.1, -0.05) is 11.6 Å². The summed E-state index contributed by atoms with van der Waals surface area (Å²) in [5.41, 5.74) is 2.40. The van der Waals surface area contributed by atoms with Crippen molar-refractivity contribution in [3.8, 4) is 0 Å². The number of hydrogen-bond acceptors (Lipinski definition) is 3. The van der Waals surface area contributed by atoms with Crippen LogP contribution in [0, 0.1) is 0 Å². The van der Waals surface area contributed by atoms with Gasteiger partial charge in [0, 0.05) is 28.3 Å². The fraction of sp³-hybridized carbons (Fsp3) is 0.417. The highest BCUT2D eigenvalue weighted by atomic mass is 35.5. The summed E-state index contributed by atoms with van der Waals surface area (Å²) in [6.45, 7) is 1.52. The molecule has 1 saturated heterocycles. The molecule has 0 aromatic heterocycles. The van der Waals surface area contributed by atoms with Gasteiger partial charge in [0.25, 0.3) is 0 Å². The van der Waals surface area contributed by atoms with E-state index in [-0.39, 0.29) is 0 Å². The van der Waals surface area contributed by atoms with Gasteiger partial charge in [-0.05, 0) is 37.1 Å². The molecule has 0 spiro atoms. The summed E-state index contributed by atoms with van der Waals surface area (Å²) in [7, 11) is 0. The number of hydrazine groups is 1. The number of rotatable bonds is 3. The van der Waals surface area contributed by atoms with E-state index in [4.69, 9.17) is 16.7 Å². The monoisotopic (exact) mass is 286 g/mol. The van der Waals surface area contributed by atoms with Crippen molar-refractivity contribution in [2.45, 2.75) is 23.0 Å². The van der Waals surface area contributed by atoms with Crippen molar-refractivity contribution in [2.75, 3.05) is 13.1 Å². The minimum absolute atomic E-state index is 0.540. The van der Waals surface area contributed by atoms with Crippen molar-refractivity contribution in [1.82, 2.24) is 10.4 Å². The van der Waals surface area contributed by atoms with Crippen molar-refractivity contribution in [2.24, 2.45) is 0 Å². The van der Waals surface area contributed by atoms with E-state index in [9.17, 15) is 4.79 Å². The standard InChI is InChI=1S/C12H15ClN2O2S/c13-9-1-3-10(4-2-9)18-11-5-7-15(8-6-11)14-12(16)17/h1-4,11,14H,5-8H2,(H,16,17). The lowest BCUT2D eigenvalue weighted by atomic mass is 10.1. The molecule has 6 heteroatoms. The zero-order valence-electron chi connectivity index (χ0n) is 9.80. The smallest absolute Gasteiger partial charge is 0.419 e. The third-order valence-electron chi connectivity index (χ3n) is 2.81. The van der Waals surface area contributed by atoms with E-state index < -0.39 is 6.09 Å². The molecule has 1 aliphatic rings. The molecule has 1 aromatic carbocycles. The molecule has 0 atom stereocenters. The van der Waals surface area contributed by atoms with Gasteiger partial charge in [0.2, 0.25) is 0 Å². The Kier molecular flexibility index (Phi) is 4.74. The largest absolute Gasteiger partial charge is 0.464 e. The number of thioether (sulfide) groups is 1. The Morgan fingerprint density at radius 3 is 2.50 bits per heavy atom. The molecule has 18 heavy (non-hydrogen) atoms. The summed E-state index contributed by atoms with van der Waals surface area (Å²) in [5.74, 6) is 0. The molecular formula is C12H15ClN2O2S. The number of carboxylic acid groups (broad SMARTS) is 1. The molecule has 0 saturated carbocycles. The van der Waals surface area contributed by atoms with Crippen LogP contribution in [0.5, 0.6) is 0 Å².